The number of ether oxygens (including phenoxy) is 3. The highest BCUT2D eigenvalue weighted by Crippen LogP contribution is 2.45. The van der Waals surface area contributed by atoms with Gasteiger partial charge in [0.05, 0.1) is 35.9 Å². The molecule has 0 unspecified atom stereocenters. The van der Waals surface area contributed by atoms with Gasteiger partial charge in [0, 0.05) is 0 Å². The van der Waals surface area contributed by atoms with E-state index in [0.717, 1.165) is 0 Å². The highest BCUT2D eigenvalue weighted by molar-refractivity contribution is 6.00. The first-order valence-corrected chi connectivity index (χ1v) is 7.95. The lowest BCUT2D eigenvalue weighted by atomic mass is 9.68. The number of methoxy groups -OCH3 is 2. The average Bonchev–Trinajstić information content (AvgIpc) is 2.65. The highest BCUT2D eigenvalue weighted by Gasteiger charge is 2.57. The minimum absolute atomic E-state index is 0.423. The molecular weight excluding hydrogens is 328 g/mol. The minimum Gasteiger partial charge on any atom is -0.469 e. The van der Waals surface area contributed by atoms with Crippen molar-refractivity contribution in [3.63, 3.8) is 0 Å². The first kappa shape index (κ1) is 23.1. The van der Waals surface area contributed by atoms with Crippen molar-refractivity contribution in [2.75, 3.05) is 14.2 Å². The fourth-order valence-electron chi connectivity index (χ4n) is 1.87. The maximum atomic E-state index is 11.5. The standard InChI is InChI=1S/C10H18O4.C8H12O3/c1-9(2,7(11)13-5)10(3,4)8(12)14-6;1-7(2)5(9)11-6(10)8(7,3)4/h1-6H3;1-4H3. The highest BCUT2D eigenvalue weighted by atomic mass is 16.6. The van der Waals surface area contributed by atoms with Crippen LogP contribution in [0.5, 0.6) is 0 Å². The molecule has 7 heteroatoms. The van der Waals surface area contributed by atoms with Gasteiger partial charge in [-0.05, 0) is 55.4 Å². The second kappa shape index (κ2) is 7.14. The van der Waals surface area contributed by atoms with Gasteiger partial charge in [-0.25, -0.2) is 0 Å². The zero-order valence-electron chi connectivity index (χ0n) is 16.9. The average molecular weight is 358 g/mol. The summed E-state index contributed by atoms with van der Waals surface area (Å²) in [5, 5.41) is 0. The van der Waals surface area contributed by atoms with Crippen LogP contribution >= 0.6 is 0 Å². The Kier molecular flexibility index (Phi) is 6.59. The molecule has 1 fully saturated rings. The van der Waals surface area contributed by atoms with Gasteiger partial charge in [0.15, 0.2) is 0 Å². The summed E-state index contributed by atoms with van der Waals surface area (Å²) < 4.78 is 13.8. The van der Waals surface area contributed by atoms with Crippen LogP contribution in [0, 0.1) is 21.7 Å². The summed E-state index contributed by atoms with van der Waals surface area (Å²) in [4.78, 5) is 45.1. The summed E-state index contributed by atoms with van der Waals surface area (Å²) in [6.45, 7) is 13.5. The molecule has 0 amide bonds. The smallest absolute Gasteiger partial charge is 0.320 e. The zero-order chi connectivity index (χ0) is 20.4. The molecular formula is C18H30O7. The maximum absolute atomic E-state index is 11.5. The second-order valence-electron chi connectivity index (χ2n) is 8.16. The Morgan fingerprint density at radius 2 is 1.00 bits per heavy atom. The molecule has 0 aromatic carbocycles. The van der Waals surface area contributed by atoms with Crippen molar-refractivity contribution < 1.29 is 33.4 Å². The van der Waals surface area contributed by atoms with Crippen LogP contribution < -0.4 is 0 Å². The predicted molar refractivity (Wildman–Crippen MR) is 90.3 cm³/mol. The lowest BCUT2D eigenvalue weighted by Crippen LogP contribution is -2.46. The Labute approximate surface area is 149 Å². The van der Waals surface area contributed by atoms with E-state index in [9.17, 15) is 19.2 Å². The van der Waals surface area contributed by atoms with E-state index in [2.05, 4.69) is 14.2 Å². The molecule has 1 aliphatic rings. The van der Waals surface area contributed by atoms with E-state index in [1.54, 1.807) is 55.4 Å². The van der Waals surface area contributed by atoms with Crippen LogP contribution in [0.4, 0.5) is 0 Å². The van der Waals surface area contributed by atoms with Gasteiger partial charge in [-0.15, -0.1) is 0 Å². The maximum Gasteiger partial charge on any atom is 0.320 e. The van der Waals surface area contributed by atoms with Crippen LogP contribution in [-0.4, -0.2) is 38.1 Å². The number of rotatable bonds is 3. The monoisotopic (exact) mass is 358 g/mol. The van der Waals surface area contributed by atoms with Crippen molar-refractivity contribution in [2.45, 2.75) is 55.4 Å². The van der Waals surface area contributed by atoms with Crippen molar-refractivity contribution in [3.05, 3.63) is 0 Å². The molecule has 0 bridgehead atoms. The molecule has 25 heavy (non-hydrogen) atoms. The van der Waals surface area contributed by atoms with Crippen LogP contribution in [0.3, 0.4) is 0 Å². The molecule has 0 aromatic rings. The quantitative estimate of drug-likeness (QED) is 0.434. The van der Waals surface area contributed by atoms with Gasteiger partial charge < -0.3 is 14.2 Å². The SMILES string of the molecule is CC1(C)C(=O)OC(=O)C1(C)C.COC(=O)C(C)(C)C(C)(C)C(=O)OC. The van der Waals surface area contributed by atoms with Crippen LogP contribution in [0.2, 0.25) is 0 Å². The van der Waals surface area contributed by atoms with E-state index in [-0.39, 0.29) is 0 Å². The number of hydrogen-bond acceptors (Lipinski definition) is 7. The lowest BCUT2D eigenvalue weighted by Gasteiger charge is -2.36. The molecule has 144 valence electrons. The molecule has 0 radical (unpaired) electrons. The fourth-order valence-corrected chi connectivity index (χ4v) is 1.87. The molecule has 1 saturated heterocycles. The van der Waals surface area contributed by atoms with Crippen molar-refractivity contribution in [2.24, 2.45) is 21.7 Å². The van der Waals surface area contributed by atoms with E-state index in [0.29, 0.717) is 0 Å². The molecule has 1 rings (SSSR count). The molecule has 0 aromatic heterocycles. The molecule has 0 N–H and O–H groups in total. The Bertz CT molecular complexity index is 518. The van der Waals surface area contributed by atoms with Gasteiger partial charge >= 0.3 is 23.9 Å². The minimum atomic E-state index is -0.908. The van der Waals surface area contributed by atoms with E-state index in [1.807, 2.05) is 0 Å². The van der Waals surface area contributed by atoms with E-state index < -0.39 is 45.5 Å². The summed E-state index contributed by atoms with van der Waals surface area (Å²) in [6.07, 6.45) is 0. The van der Waals surface area contributed by atoms with Crippen LogP contribution in [0.1, 0.15) is 55.4 Å². The van der Waals surface area contributed by atoms with Gasteiger partial charge in [0.2, 0.25) is 0 Å². The van der Waals surface area contributed by atoms with Crippen LogP contribution in [0.25, 0.3) is 0 Å². The Hall–Kier alpha value is -1.92. The number of carbonyl (C=O) groups is 4. The van der Waals surface area contributed by atoms with Crippen molar-refractivity contribution in [1.29, 1.82) is 0 Å². The predicted octanol–water partition coefficient (Wildman–Crippen LogP) is 2.51. The number of cyclic esters (lactones) is 2. The molecule has 1 aliphatic heterocycles. The van der Waals surface area contributed by atoms with Gasteiger partial charge in [-0.3, -0.25) is 19.2 Å². The Morgan fingerprint density at radius 1 is 0.760 bits per heavy atom. The van der Waals surface area contributed by atoms with E-state index >= 15 is 0 Å². The summed E-state index contributed by atoms with van der Waals surface area (Å²) in [5.74, 6) is -1.69. The van der Waals surface area contributed by atoms with Gasteiger partial charge in [-0.1, -0.05) is 0 Å². The van der Waals surface area contributed by atoms with Gasteiger partial charge in [-0.2, -0.15) is 0 Å². The summed E-state index contributed by atoms with van der Waals surface area (Å²) in [5.41, 5.74) is -3.20. The molecule has 0 saturated carbocycles. The second-order valence-corrected chi connectivity index (χ2v) is 8.16. The van der Waals surface area contributed by atoms with Gasteiger partial charge in [0.25, 0.3) is 0 Å². The van der Waals surface area contributed by atoms with Crippen molar-refractivity contribution in [1.82, 2.24) is 0 Å². The van der Waals surface area contributed by atoms with E-state index in [4.69, 9.17) is 0 Å². The first-order chi connectivity index (χ1) is 11.0. The third kappa shape index (κ3) is 3.85. The summed E-state index contributed by atoms with van der Waals surface area (Å²) >= 11 is 0. The summed E-state index contributed by atoms with van der Waals surface area (Å²) in [7, 11) is 2.61. The number of esters is 4. The Balaban J connectivity index is 0.000000472. The first-order valence-electron chi connectivity index (χ1n) is 7.95. The zero-order valence-corrected chi connectivity index (χ0v) is 16.9. The van der Waals surface area contributed by atoms with Crippen LogP contribution in [0.15, 0.2) is 0 Å². The van der Waals surface area contributed by atoms with Crippen LogP contribution in [-0.2, 0) is 33.4 Å². The Morgan fingerprint density at radius 3 is 1.12 bits per heavy atom. The summed E-state index contributed by atoms with van der Waals surface area (Å²) in [6, 6.07) is 0. The number of carbonyl (C=O) groups excluding carboxylic acids is 4. The molecule has 7 nitrogen and oxygen atoms in total. The third-order valence-corrected chi connectivity index (χ3v) is 5.72. The fraction of sp³-hybridized carbons (Fsp3) is 0.778. The van der Waals surface area contributed by atoms with Crippen molar-refractivity contribution >= 4 is 23.9 Å². The largest absolute Gasteiger partial charge is 0.469 e. The van der Waals surface area contributed by atoms with E-state index in [1.165, 1.54) is 14.2 Å². The third-order valence-electron chi connectivity index (χ3n) is 5.72. The molecule has 0 spiro atoms. The molecule has 0 aliphatic carbocycles. The van der Waals surface area contributed by atoms with Gasteiger partial charge in [0.1, 0.15) is 0 Å². The van der Waals surface area contributed by atoms with Crippen molar-refractivity contribution in [3.8, 4) is 0 Å². The number of hydrogen-bond donors (Lipinski definition) is 0. The normalized spacial score (nSPS) is 18.6. The topological polar surface area (TPSA) is 96.0 Å². The molecule has 0 atom stereocenters. The lowest BCUT2D eigenvalue weighted by molar-refractivity contribution is -0.172. The molecule has 1 heterocycles.